The molecule has 4 aromatic carbocycles. The summed E-state index contributed by atoms with van der Waals surface area (Å²) in [5.41, 5.74) is 2.87. The molecular weight excluding hydrogens is 386 g/mol. The number of anilines is 2. The number of imide groups is 1. The summed E-state index contributed by atoms with van der Waals surface area (Å²) in [5, 5.41) is 7.00. The van der Waals surface area contributed by atoms with E-state index in [9.17, 15) is 9.59 Å². The molecule has 1 saturated heterocycles. The van der Waals surface area contributed by atoms with Crippen molar-refractivity contribution in [3.8, 4) is 0 Å². The van der Waals surface area contributed by atoms with E-state index in [-0.39, 0.29) is 11.8 Å². The van der Waals surface area contributed by atoms with E-state index < -0.39 is 0 Å². The van der Waals surface area contributed by atoms with Crippen molar-refractivity contribution in [2.24, 2.45) is 0 Å². The van der Waals surface area contributed by atoms with Crippen molar-refractivity contribution in [1.29, 1.82) is 0 Å². The van der Waals surface area contributed by atoms with Gasteiger partial charge in [-0.1, -0.05) is 48.5 Å². The van der Waals surface area contributed by atoms with Crippen molar-refractivity contribution < 1.29 is 9.59 Å². The highest BCUT2D eigenvalue weighted by Gasteiger charge is 2.35. The first kappa shape index (κ1) is 18.1. The standard InChI is InChI=1S/C26H21N3O2/c30-25-20-9-4-8-19-22(28-15-13-27-14-16-28)12-11-21(24(19)20)26(31)29(25)23-10-3-6-17-5-1-2-7-18(17)23/h1-12,27H,13-16H2. The van der Waals surface area contributed by atoms with Crippen LogP contribution in [0.15, 0.2) is 72.8 Å². The molecule has 4 aromatic rings. The topological polar surface area (TPSA) is 52.7 Å². The highest BCUT2D eigenvalue weighted by molar-refractivity contribution is 6.37. The van der Waals surface area contributed by atoms with Gasteiger partial charge in [0.1, 0.15) is 0 Å². The fourth-order valence-corrected chi connectivity index (χ4v) is 4.88. The molecule has 0 saturated carbocycles. The average Bonchev–Trinajstić information content (AvgIpc) is 2.83. The molecule has 1 N–H and O–H groups in total. The summed E-state index contributed by atoms with van der Waals surface area (Å²) in [4.78, 5) is 30.9. The lowest BCUT2D eigenvalue weighted by molar-refractivity contribution is 0.0894. The van der Waals surface area contributed by atoms with Gasteiger partial charge >= 0.3 is 0 Å². The van der Waals surface area contributed by atoms with Gasteiger partial charge in [0.05, 0.1) is 5.69 Å². The van der Waals surface area contributed by atoms with Crippen LogP contribution >= 0.6 is 0 Å². The first-order chi connectivity index (χ1) is 15.2. The number of amides is 2. The van der Waals surface area contributed by atoms with Crippen LogP contribution in [0.1, 0.15) is 20.7 Å². The Kier molecular flexibility index (Phi) is 4.04. The van der Waals surface area contributed by atoms with Gasteiger partial charge in [-0.25, -0.2) is 4.90 Å². The van der Waals surface area contributed by atoms with E-state index in [2.05, 4.69) is 10.2 Å². The quantitative estimate of drug-likeness (QED) is 0.506. The molecule has 5 heteroatoms. The second-order valence-electron chi connectivity index (χ2n) is 8.04. The number of nitrogens with zero attached hydrogens (tertiary/aromatic N) is 2. The van der Waals surface area contributed by atoms with Crippen molar-refractivity contribution in [2.75, 3.05) is 36.0 Å². The number of piperazine rings is 1. The fraction of sp³-hybridized carbons (Fsp3) is 0.154. The third kappa shape index (κ3) is 2.67. The van der Waals surface area contributed by atoms with E-state index in [1.165, 1.54) is 4.90 Å². The molecule has 6 rings (SSSR count). The Balaban J connectivity index is 1.55. The molecule has 0 radical (unpaired) electrons. The molecule has 152 valence electrons. The molecule has 2 aliphatic rings. The Bertz CT molecular complexity index is 1340. The minimum absolute atomic E-state index is 0.267. The van der Waals surface area contributed by atoms with Crippen LogP contribution in [0.25, 0.3) is 21.5 Å². The summed E-state index contributed by atoms with van der Waals surface area (Å²) < 4.78 is 0. The smallest absolute Gasteiger partial charge is 0.266 e. The summed E-state index contributed by atoms with van der Waals surface area (Å²) in [6.45, 7) is 3.66. The predicted molar refractivity (Wildman–Crippen MR) is 124 cm³/mol. The summed E-state index contributed by atoms with van der Waals surface area (Å²) in [7, 11) is 0. The van der Waals surface area contributed by atoms with Gasteiger partial charge in [-0.2, -0.15) is 0 Å². The van der Waals surface area contributed by atoms with E-state index >= 15 is 0 Å². The molecule has 0 bridgehead atoms. The van der Waals surface area contributed by atoms with E-state index in [1.54, 1.807) is 0 Å². The first-order valence-corrected chi connectivity index (χ1v) is 10.6. The Morgan fingerprint density at radius 2 is 1.32 bits per heavy atom. The van der Waals surface area contributed by atoms with Crippen LogP contribution in [0.4, 0.5) is 11.4 Å². The summed E-state index contributed by atoms with van der Waals surface area (Å²) in [5.74, 6) is -0.533. The van der Waals surface area contributed by atoms with Gasteiger partial charge in [0.2, 0.25) is 0 Å². The number of nitrogens with one attached hydrogen (secondary N) is 1. The minimum atomic E-state index is -0.267. The minimum Gasteiger partial charge on any atom is -0.368 e. The van der Waals surface area contributed by atoms with Crippen molar-refractivity contribution >= 4 is 44.7 Å². The second-order valence-corrected chi connectivity index (χ2v) is 8.04. The third-order valence-corrected chi connectivity index (χ3v) is 6.35. The summed E-state index contributed by atoms with van der Waals surface area (Å²) in [6, 6.07) is 23.3. The number of fused-ring (bicyclic) bond motifs is 1. The molecule has 2 heterocycles. The van der Waals surface area contributed by atoms with Crippen molar-refractivity contribution in [2.45, 2.75) is 0 Å². The van der Waals surface area contributed by atoms with E-state index in [0.29, 0.717) is 16.8 Å². The zero-order chi connectivity index (χ0) is 20.9. The van der Waals surface area contributed by atoms with Crippen molar-refractivity contribution in [3.63, 3.8) is 0 Å². The Morgan fingerprint density at radius 3 is 2.16 bits per heavy atom. The second kappa shape index (κ2) is 6.93. The zero-order valence-electron chi connectivity index (χ0n) is 17.0. The maximum atomic E-state index is 13.6. The molecule has 2 amide bonds. The number of rotatable bonds is 2. The maximum Gasteiger partial charge on any atom is 0.266 e. The largest absolute Gasteiger partial charge is 0.368 e. The third-order valence-electron chi connectivity index (χ3n) is 6.35. The first-order valence-electron chi connectivity index (χ1n) is 10.6. The molecule has 31 heavy (non-hydrogen) atoms. The maximum absolute atomic E-state index is 13.6. The van der Waals surface area contributed by atoms with Crippen LogP contribution in [0, 0.1) is 0 Å². The molecule has 0 atom stereocenters. The highest BCUT2D eigenvalue weighted by atomic mass is 16.2. The highest BCUT2D eigenvalue weighted by Crippen LogP contribution is 2.39. The molecular formula is C26H21N3O2. The predicted octanol–water partition coefficient (Wildman–Crippen LogP) is 4.20. The van der Waals surface area contributed by atoms with E-state index in [1.807, 2.05) is 72.8 Å². The Labute approximate surface area is 179 Å². The van der Waals surface area contributed by atoms with Gasteiger partial charge in [-0.15, -0.1) is 0 Å². The SMILES string of the molecule is O=C1c2cccc3c(N4CCNCC4)ccc(c23)C(=O)N1c1cccc2ccccc12. The monoisotopic (exact) mass is 407 g/mol. The molecule has 0 unspecified atom stereocenters. The van der Waals surface area contributed by atoms with Crippen LogP contribution in [-0.2, 0) is 0 Å². The van der Waals surface area contributed by atoms with Gasteiger partial charge in [0.15, 0.2) is 0 Å². The Hall–Kier alpha value is -3.70. The molecule has 0 aromatic heterocycles. The fourth-order valence-electron chi connectivity index (χ4n) is 4.88. The van der Waals surface area contributed by atoms with Crippen LogP contribution in [-0.4, -0.2) is 38.0 Å². The number of hydrogen-bond donors (Lipinski definition) is 1. The lowest BCUT2D eigenvalue weighted by Crippen LogP contribution is -2.44. The van der Waals surface area contributed by atoms with E-state index in [0.717, 1.165) is 53.4 Å². The van der Waals surface area contributed by atoms with Crippen molar-refractivity contribution in [1.82, 2.24) is 5.32 Å². The summed E-state index contributed by atoms with van der Waals surface area (Å²) >= 11 is 0. The van der Waals surface area contributed by atoms with Gasteiger partial charge < -0.3 is 10.2 Å². The molecule has 5 nitrogen and oxygen atoms in total. The lowest BCUT2D eigenvalue weighted by Gasteiger charge is -2.33. The van der Waals surface area contributed by atoms with Crippen LogP contribution in [0.2, 0.25) is 0 Å². The zero-order valence-corrected chi connectivity index (χ0v) is 17.0. The van der Waals surface area contributed by atoms with Crippen LogP contribution < -0.4 is 15.1 Å². The number of benzene rings is 4. The molecule has 1 fully saturated rings. The van der Waals surface area contributed by atoms with Gasteiger partial charge in [0, 0.05) is 59.2 Å². The lowest BCUT2D eigenvalue weighted by atomic mass is 9.92. The van der Waals surface area contributed by atoms with Gasteiger partial charge in [0.25, 0.3) is 11.8 Å². The van der Waals surface area contributed by atoms with Gasteiger partial charge in [-0.3, -0.25) is 9.59 Å². The van der Waals surface area contributed by atoms with Gasteiger partial charge in [-0.05, 0) is 29.7 Å². The Morgan fingerprint density at radius 1 is 0.645 bits per heavy atom. The number of carbonyl (C=O) groups excluding carboxylic acids is 2. The van der Waals surface area contributed by atoms with Crippen LogP contribution in [0.5, 0.6) is 0 Å². The van der Waals surface area contributed by atoms with Crippen LogP contribution in [0.3, 0.4) is 0 Å². The molecule has 0 aliphatic carbocycles. The van der Waals surface area contributed by atoms with E-state index in [4.69, 9.17) is 0 Å². The summed E-state index contributed by atoms with van der Waals surface area (Å²) in [6.07, 6.45) is 0. The normalized spacial score (nSPS) is 16.4. The average molecular weight is 407 g/mol. The number of hydrogen-bond acceptors (Lipinski definition) is 4. The molecule has 0 spiro atoms. The van der Waals surface area contributed by atoms with Crippen molar-refractivity contribution in [3.05, 3.63) is 83.9 Å². The number of carbonyl (C=O) groups is 2. The molecule has 2 aliphatic heterocycles.